The maximum Gasteiger partial charge on any atom is 0.307 e. The summed E-state index contributed by atoms with van der Waals surface area (Å²) in [6.07, 6.45) is 0. The Morgan fingerprint density at radius 1 is 1.36 bits per heavy atom. The summed E-state index contributed by atoms with van der Waals surface area (Å²) in [4.78, 5) is 11.0. The summed E-state index contributed by atoms with van der Waals surface area (Å²) < 4.78 is 0. The lowest BCUT2D eigenvalue weighted by Crippen LogP contribution is -2.21. The van der Waals surface area contributed by atoms with Crippen LogP contribution >= 0.6 is 0 Å². The summed E-state index contributed by atoms with van der Waals surface area (Å²) in [5, 5.41) is 9.07. The van der Waals surface area contributed by atoms with Crippen LogP contribution < -0.4 is 0 Å². The van der Waals surface area contributed by atoms with Crippen LogP contribution in [0.1, 0.15) is 41.5 Å². The van der Waals surface area contributed by atoms with E-state index in [0.29, 0.717) is 11.8 Å². The van der Waals surface area contributed by atoms with Gasteiger partial charge in [-0.3, -0.25) is 4.79 Å². The van der Waals surface area contributed by atoms with E-state index in [4.69, 9.17) is 5.11 Å². The molecule has 2 heteroatoms. The summed E-state index contributed by atoms with van der Waals surface area (Å²) >= 11 is 0. The highest BCUT2D eigenvalue weighted by molar-refractivity contribution is 5.75. The maximum absolute atomic E-state index is 11.0. The van der Waals surface area contributed by atoms with Crippen molar-refractivity contribution in [2.24, 2.45) is 28.6 Å². The van der Waals surface area contributed by atoms with Crippen molar-refractivity contribution in [2.45, 2.75) is 41.5 Å². The van der Waals surface area contributed by atoms with E-state index in [-0.39, 0.29) is 16.7 Å². The van der Waals surface area contributed by atoms with Crippen molar-refractivity contribution in [1.82, 2.24) is 0 Å². The van der Waals surface area contributed by atoms with Gasteiger partial charge < -0.3 is 5.11 Å². The third kappa shape index (κ3) is 1.67. The van der Waals surface area contributed by atoms with Crippen LogP contribution in [-0.4, -0.2) is 11.1 Å². The number of carbonyl (C=O) groups is 1. The van der Waals surface area contributed by atoms with E-state index in [1.807, 2.05) is 0 Å². The highest BCUT2D eigenvalue weighted by Crippen LogP contribution is 2.64. The standard InChI is InChI=1S/C12H22O2/c1-7(11(2,3)4)8-9(10(13)14)12(8,5)6/h7-9H,1-6H3,(H,13,14). The summed E-state index contributed by atoms with van der Waals surface area (Å²) in [6.45, 7) is 12.9. The Kier molecular flexibility index (Phi) is 2.46. The highest BCUT2D eigenvalue weighted by atomic mass is 16.4. The van der Waals surface area contributed by atoms with Crippen LogP contribution in [0.2, 0.25) is 0 Å². The van der Waals surface area contributed by atoms with Gasteiger partial charge in [0, 0.05) is 0 Å². The molecule has 0 aromatic carbocycles. The van der Waals surface area contributed by atoms with E-state index >= 15 is 0 Å². The Bertz CT molecular complexity index is 248. The molecule has 0 amide bonds. The first kappa shape index (κ1) is 11.5. The summed E-state index contributed by atoms with van der Waals surface area (Å²) in [7, 11) is 0. The van der Waals surface area contributed by atoms with Crippen LogP contribution in [-0.2, 0) is 4.79 Å². The average molecular weight is 198 g/mol. The Morgan fingerprint density at radius 2 is 1.79 bits per heavy atom. The van der Waals surface area contributed by atoms with E-state index < -0.39 is 5.97 Å². The molecule has 3 unspecified atom stereocenters. The van der Waals surface area contributed by atoms with E-state index in [2.05, 4.69) is 41.5 Å². The minimum Gasteiger partial charge on any atom is -0.481 e. The van der Waals surface area contributed by atoms with Gasteiger partial charge in [-0.15, -0.1) is 0 Å². The maximum atomic E-state index is 11.0. The molecule has 0 aromatic rings. The van der Waals surface area contributed by atoms with Crippen LogP contribution in [0.4, 0.5) is 0 Å². The number of aliphatic carboxylic acids is 1. The molecule has 0 bridgehead atoms. The molecule has 1 aliphatic rings. The fourth-order valence-electron chi connectivity index (χ4n) is 2.62. The van der Waals surface area contributed by atoms with Gasteiger partial charge in [-0.25, -0.2) is 0 Å². The molecule has 1 saturated carbocycles. The number of hydrogen-bond donors (Lipinski definition) is 1. The molecule has 1 rings (SSSR count). The summed E-state index contributed by atoms with van der Waals surface area (Å²) in [6, 6.07) is 0. The van der Waals surface area contributed by atoms with E-state index in [0.717, 1.165) is 0 Å². The van der Waals surface area contributed by atoms with Crippen molar-refractivity contribution in [2.75, 3.05) is 0 Å². The molecule has 1 fully saturated rings. The Hall–Kier alpha value is -0.530. The molecule has 0 radical (unpaired) electrons. The van der Waals surface area contributed by atoms with Crippen LogP contribution in [0.3, 0.4) is 0 Å². The van der Waals surface area contributed by atoms with Gasteiger partial charge in [-0.2, -0.15) is 0 Å². The van der Waals surface area contributed by atoms with E-state index in [9.17, 15) is 4.79 Å². The highest BCUT2D eigenvalue weighted by Gasteiger charge is 2.65. The third-order valence-electron chi connectivity index (χ3n) is 4.08. The summed E-state index contributed by atoms with van der Waals surface area (Å²) in [5.74, 6) is 0.0198. The predicted octanol–water partition coefficient (Wildman–Crippen LogP) is 3.03. The second-order valence-electron chi connectivity index (χ2n) is 6.32. The minimum atomic E-state index is -0.629. The average Bonchev–Trinajstić information content (AvgIpc) is 2.49. The van der Waals surface area contributed by atoms with Crippen LogP contribution in [0.15, 0.2) is 0 Å². The number of carboxylic acid groups (broad SMARTS) is 1. The molecule has 2 nitrogen and oxygen atoms in total. The second kappa shape index (κ2) is 2.98. The van der Waals surface area contributed by atoms with Gasteiger partial charge in [-0.1, -0.05) is 41.5 Å². The number of hydrogen-bond acceptors (Lipinski definition) is 1. The molecule has 0 aromatic heterocycles. The lowest BCUT2D eigenvalue weighted by molar-refractivity contribution is -0.139. The lowest BCUT2D eigenvalue weighted by atomic mass is 9.77. The van der Waals surface area contributed by atoms with Crippen molar-refractivity contribution in [1.29, 1.82) is 0 Å². The largest absolute Gasteiger partial charge is 0.481 e. The van der Waals surface area contributed by atoms with E-state index in [1.54, 1.807) is 0 Å². The predicted molar refractivity (Wildman–Crippen MR) is 57.0 cm³/mol. The monoisotopic (exact) mass is 198 g/mol. The third-order valence-corrected chi connectivity index (χ3v) is 4.08. The fraction of sp³-hybridized carbons (Fsp3) is 0.917. The van der Waals surface area contributed by atoms with Gasteiger partial charge in [0.15, 0.2) is 0 Å². The van der Waals surface area contributed by atoms with Crippen molar-refractivity contribution in [3.05, 3.63) is 0 Å². The fourth-order valence-corrected chi connectivity index (χ4v) is 2.62. The van der Waals surface area contributed by atoms with Gasteiger partial charge in [0.2, 0.25) is 0 Å². The van der Waals surface area contributed by atoms with E-state index in [1.165, 1.54) is 0 Å². The molecule has 1 N–H and O–H groups in total. The van der Waals surface area contributed by atoms with Crippen molar-refractivity contribution in [3.63, 3.8) is 0 Å². The first-order valence-electron chi connectivity index (χ1n) is 5.33. The van der Waals surface area contributed by atoms with Crippen molar-refractivity contribution in [3.8, 4) is 0 Å². The first-order valence-corrected chi connectivity index (χ1v) is 5.33. The molecule has 0 saturated heterocycles. The molecule has 0 heterocycles. The first-order chi connectivity index (χ1) is 6.10. The van der Waals surface area contributed by atoms with Gasteiger partial charge in [0.25, 0.3) is 0 Å². The molecule has 0 aliphatic heterocycles. The molecule has 1 aliphatic carbocycles. The van der Waals surface area contributed by atoms with Crippen molar-refractivity contribution < 1.29 is 9.90 Å². The molecule has 0 spiro atoms. The van der Waals surface area contributed by atoms with Gasteiger partial charge in [0.05, 0.1) is 5.92 Å². The zero-order valence-corrected chi connectivity index (χ0v) is 10.1. The Morgan fingerprint density at radius 3 is 2.00 bits per heavy atom. The van der Waals surface area contributed by atoms with Crippen LogP contribution in [0.25, 0.3) is 0 Å². The Balaban J connectivity index is 2.79. The van der Waals surface area contributed by atoms with Crippen LogP contribution in [0.5, 0.6) is 0 Å². The molecule has 3 atom stereocenters. The van der Waals surface area contributed by atoms with Gasteiger partial charge in [-0.05, 0) is 22.7 Å². The SMILES string of the molecule is CC(C1C(C(=O)O)C1(C)C)C(C)(C)C. The van der Waals surface area contributed by atoms with Crippen molar-refractivity contribution >= 4 is 5.97 Å². The zero-order valence-electron chi connectivity index (χ0n) is 10.1. The minimum absolute atomic E-state index is 0.0153. The molecule has 82 valence electrons. The van der Waals surface area contributed by atoms with Gasteiger partial charge >= 0.3 is 5.97 Å². The topological polar surface area (TPSA) is 37.3 Å². The second-order valence-corrected chi connectivity index (χ2v) is 6.32. The molecular formula is C12H22O2. The summed E-state index contributed by atoms with van der Waals surface area (Å²) in [5.41, 5.74) is 0.185. The zero-order chi connectivity index (χ0) is 11.3. The smallest absolute Gasteiger partial charge is 0.307 e. The Labute approximate surface area is 86.7 Å². The van der Waals surface area contributed by atoms with Crippen LogP contribution in [0, 0.1) is 28.6 Å². The molecular weight excluding hydrogens is 176 g/mol. The lowest BCUT2D eigenvalue weighted by Gasteiger charge is -2.28. The molecule has 14 heavy (non-hydrogen) atoms. The normalized spacial score (nSPS) is 32.4. The number of rotatable bonds is 2. The number of carboxylic acids is 1. The van der Waals surface area contributed by atoms with Gasteiger partial charge in [0.1, 0.15) is 0 Å². The quantitative estimate of drug-likeness (QED) is 0.740.